The molecule has 0 spiro atoms. The summed E-state index contributed by atoms with van der Waals surface area (Å²) in [6.07, 6.45) is 1.74. The molecule has 4 atom stereocenters. The second-order valence-corrected chi connectivity index (χ2v) is 10.7. The minimum absolute atomic E-state index is 0.0346. The highest BCUT2D eigenvalue weighted by atomic mass is 35.5. The zero-order valence-electron chi connectivity index (χ0n) is 21.0. The van der Waals surface area contributed by atoms with Crippen LogP contribution in [0.2, 0.25) is 5.02 Å². The van der Waals surface area contributed by atoms with Gasteiger partial charge in [-0.25, -0.2) is 9.97 Å². The highest BCUT2D eigenvalue weighted by molar-refractivity contribution is 6.34. The molecule has 4 aliphatic heterocycles. The first-order chi connectivity index (χ1) is 18.8. The highest BCUT2D eigenvalue weighted by Gasteiger charge is 2.41. The minimum atomic E-state index is -4.63. The Morgan fingerprint density at radius 3 is 2.62 bits per heavy atom. The average Bonchev–Trinajstić information content (AvgIpc) is 3.22. The summed E-state index contributed by atoms with van der Waals surface area (Å²) in [6, 6.07) is 3.69. The fourth-order valence-corrected chi connectivity index (χ4v) is 5.97. The van der Waals surface area contributed by atoms with Crippen molar-refractivity contribution in [3.8, 4) is 0 Å². The second-order valence-electron chi connectivity index (χ2n) is 10.3. The first-order valence-electron chi connectivity index (χ1n) is 13.0. The SMILES string of the molecule is O=C(NCC(c1cnc(C(F)(F)F)nc1)N1CCOCC1)c1c(Cl)ccc2c1C=CC(N1CC3CNC3C1)N2. The number of amides is 1. The summed E-state index contributed by atoms with van der Waals surface area (Å²) < 4.78 is 44.4. The van der Waals surface area contributed by atoms with E-state index >= 15 is 0 Å². The normalized spacial score (nSPS) is 25.8. The van der Waals surface area contributed by atoms with Gasteiger partial charge < -0.3 is 20.7 Å². The number of nitrogens with one attached hydrogen (secondary N) is 3. The zero-order valence-corrected chi connectivity index (χ0v) is 21.8. The van der Waals surface area contributed by atoms with Crippen molar-refractivity contribution < 1.29 is 22.7 Å². The van der Waals surface area contributed by atoms with Gasteiger partial charge in [0, 0.05) is 80.4 Å². The topological polar surface area (TPSA) is 94.7 Å². The average molecular weight is 564 g/mol. The molecule has 0 aliphatic carbocycles. The molecule has 6 rings (SSSR count). The van der Waals surface area contributed by atoms with Crippen molar-refractivity contribution in [2.24, 2.45) is 5.92 Å². The van der Waals surface area contributed by atoms with E-state index < -0.39 is 18.0 Å². The lowest BCUT2D eigenvalue weighted by Crippen LogP contribution is -2.51. The van der Waals surface area contributed by atoms with Crippen LogP contribution in [-0.4, -0.2) is 90.4 Å². The molecule has 13 heteroatoms. The molecule has 0 bridgehead atoms. The number of fused-ring (bicyclic) bond motifs is 2. The van der Waals surface area contributed by atoms with Crippen LogP contribution in [0.5, 0.6) is 0 Å². The standard InChI is InChI=1S/C26H29ClF3N7O2/c27-18-2-3-19-17(1-4-22(35-19)37-13-16-11-31-20(16)14-37)23(18)24(38)32-12-21(36-5-7-39-8-6-36)15-9-33-25(34-10-15)26(28,29)30/h1-4,9-10,16,20-22,31,35H,5-8,11-14H2,(H,32,38). The van der Waals surface area contributed by atoms with Crippen molar-refractivity contribution in [2.45, 2.75) is 24.4 Å². The largest absolute Gasteiger partial charge is 0.451 e. The predicted octanol–water partition coefficient (Wildman–Crippen LogP) is 2.62. The predicted molar refractivity (Wildman–Crippen MR) is 139 cm³/mol. The lowest BCUT2D eigenvalue weighted by molar-refractivity contribution is -0.145. The smallest absolute Gasteiger partial charge is 0.379 e. The van der Waals surface area contributed by atoms with E-state index in [2.05, 4.69) is 36.9 Å². The number of anilines is 1. The van der Waals surface area contributed by atoms with Gasteiger partial charge in [-0.2, -0.15) is 13.2 Å². The third-order valence-electron chi connectivity index (χ3n) is 7.93. The van der Waals surface area contributed by atoms with Gasteiger partial charge in [-0.15, -0.1) is 0 Å². The first-order valence-corrected chi connectivity index (χ1v) is 13.4. The third kappa shape index (κ3) is 5.36. The van der Waals surface area contributed by atoms with Crippen molar-refractivity contribution >= 4 is 29.3 Å². The van der Waals surface area contributed by atoms with Gasteiger partial charge in [-0.3, -0.25) is 14.6 Å². The van der Waals surface area contributed by atoms with E-state index in [1.807, 2.05) is 17.0 Å². The van der Waals surface area contributed by atoms with Crippen LogP contribution in [0, 0.1) is 5.92 Å². The van der Waals surface area contributed by atoms with Gasteiger partial charge in [0.05, 0.1) is 36.0 Å². The number of hydrogen-bond acceptors (Lipinski definition) is 8. The highest BCUT2D eigenvalue weighted by Crippen LogP contribution is 2.34. The first kappa shape index (κ1) is 26.5. The molecule has 3 fully saturated rings. The second kappa shape index (κ2) is 10.7. The van der Waals surface area contributed by atoms with Crippen LogP contribution < -0.4 is 16.0 Å². The quantitative estimate of drug-likeness (QED) is 0.494. The van der Waals surface area contributed by atoms with E-state index in [4.69, 9.17) is 16.3 Å². The number of morpholine rings is 1. The summed E-state index contributed by atoms with van der Waals surface area (Å²) >= 11 is 6.51. The summed E-state index contributed by atoms with van der Waals surface area (Å²) in [5, 5.41) is 10.3. The van der Waals surface area contributed by atoms with Crippen LogP contribution in [-0.2, 0) is 10.9 Å². The zero-order chi connectivity index (χ0) is 27.1. The molecule has 4 unspecified atom stereocenters. The number of alkyl halides is 3. The van der Waals surface area contributed by atoms with Crippen LogP contribution in [0.1, 0.15) is 33.4 Å². The Hall–Kier alpha value is -2.77. The van der Waals surface area contributed by atoms with Crippen molar-refractivity contribution in [3.63, 3.8) is 0 Å². The van der Waals surface area contributed by atoms with E-state index in [0.717, 1.165) is 25.3 Å². The van der Waals surface area contributed by atoms with E-state index in [9.17, 15) is 18.0 Å². The fraction of sp³-hybridized carbons (Fsp3) is 0.500. The molecule has 1 amide bonds. The maximum absolute atomic E-state index is 13.5. The van der Waals surface area contributed by atoms with E-state index in [1.165, 1.54) is 12.4 Å². The van der Waals surface area contributed by atoms with E-state index in [0.29, 0.717) is 60.0 Å². The van der Waals surface area contributed by atoms with Gasteiger partial charge in [0.2, 0.25) is 5.82 Å². The molecule has 3 N–H and O–H groups in total. The van der Waals surface area contributed by atoms with Gasteiger partial charge in [-0.1, -0.05) is 17.7 Å². The molecule has 5 heterocycles. The number of carbonyl (C=O) groups is 1. The molecular weight excluding hydrogens is 535 g/mol. The van der Waals surface area contributed by atoms with Gasteiger partial charge in [0.1, 0.15) is 0 Å². The van der Waals surface area contributed by atoms with Crippen LogP contribution in [0.3, 0.4) is 0 Å². The summed E-state index contributed by atoms with van der Waals surface area (Å²) in [4.78, 5) is 25.0. The number of hydrogen-bond donors (Lipinski definition) is 3. The maximum atomic E-state index is 13.5. The number of benzene rings is 1. The number of nitrogens with zero attached hydrogens (tertiary/aromatic N) is 4. The van der Waals surface area contributed by atoms with E-state index in [-0.39, 0.29) is 18.6 Å². The number of likely N-dealkylation sites (tertiary alicyclic amines) is 1. The number of ether oxygens (including phenoxy) is 1. The van der Waals surface area contributed by atoms with Crippen molar-refractivity contribution in [2.75, 3.05) is 57.8 Å². The van der Waals surface area contributed by atoms with Crippen LogP contribution in [0.15, 0.2) is 30.6 Å². The molecule has 0 radical (unpaired) electrons. The lowest BCUT2D eigenvalue weighted by Gasteiger charge is -2.34. The Balaban J connectivity index is 1.19. The molecule has 0 saturated carbocycles. The summed E-state index contributed by atoms with van der Waals surface area (Å²) in [5.41, 5.74) is 2.36. The van der Waals surface area contributed by atoms with Crippen molar-refractivity contribution in [3.05, 3.63) is 58.1 Å². The van der Waals surface area contributed by atoms with Crippen molar-refractivity contribution in [1.29, 1.82) is 0 Å². The monoisotopic (exact) mass is 563 g/mol. The van der Waals surface area contributed by atoms with Crippen LogP contribution in [0.25, 0.3) is 6.08 Å². The lowest BCUT2D eigenvalue weighted by atomic mass is 9.96. The Labute approximate surface area is 228 Å². The minimum Gasteiger partial charge on any atom is -0.379 e. The Kier molecular flexibility index (Phi) is 7.23. The van der Waals surface area contributed by atoms with Gasteiger partial charge in [-0.05, 0) is 18.2 Å². The molecule has 39 heavy (non-hydrogen) atoms. The van der Waals surface area contributed by atoms with Gasteiger partial charge >= 0.3 is 6.18 Å². The summed E-state index contributed by atoms with van der Waals surface area (Å²) in [5.74, 6) is -0.881. The summed E-state index contributed by atoms with van der Waals surface area (Å²) in [7, 11) is 0. The number of aromatic nitrogens is 2. The molecule has 4 aliphatic rings. The summed E-state index contributed by atoms with van der Waals surface area (Å²) in [6.45, 7) is 5.27. The van der Waals surface area contributed by atoms with Crippen LogP contribution >= 0.6 is 11.6 Å². The van der Waals surface area contributed by atoms with E-state index in [1.54, 1.807) is 6.07 Å². The Morgan fingerprint density at radius 1 is 1.21 bits per heavy atom. The Bertz CT molecular complexity index is 1240. The molecule has 2 aromatic rings. The molecule has 9 nitrogen and oxygen atoms in total. The number of rotatable bonds is 6. The molecule has 3 saturated heterocycles. The molecule has 1 aromatic heterocycles. The number of carbonyl (C=O) groups excluding carboxylic acids is 1. The van der Waals surface area contributed by atoms with Crippen LogP contribution in [0.4, 0.5) is 18.9 Å². The molecule has 1 aromatic carbocycles. The van der Waals surface area contributed by atoms with Crippen molar-refractivity contribution in [1.82, 2.24) is 30.4 Å². The third-order valence-corrected chi connectivity index (χ3v) is 8.24. The molecular formula is C26H29ClF3N7O2. The fourth-order valence-electron chi connectivity index (χ4n) is 5.72. The van der Waals surface area contributed by atoms with Gasteiger partial charge in [0.25, 0.3) is 5.91 Å². The molecule has 208 valence electrons. The number of halogens is 4. The van der Waals surface area contributed by atoms with Gasteiger partial charge in [0.15, 0.2) is 0 Å². The Morgan fingerprint density at radius 2 is 1.97 bits per heavy atom. The maximum Gasteiger partial charge on any atom is 0.451 e.